The van der Waals surface area contributed by atoms with Gasteiger partial charge in [0.15, 0.2) is 0 Å². The van der Waals surface area contributed by atoms with Crippen LogP contribution in [0.5, 0.6) is 0 Å². The van der Waals surface area contributed by atoms with Crippen molar-refractivity contribution in [1.29, 1.82) is 0 Å². The quantitative estimate of drug-likeness (QED) is 0.101. The van der Waals surface area contributed by atoms with Gasteiger partial charge in [-0.05, 0) is 73.5 Å². The monoisotopic (exact) mass is 611 g/mol. The number of ether oxygens (including phenoxy) is 1. The summed E-state index contributed by atoms with van der Waals surface area (Å²) in [5.41, 5.74) is 0.940. The molecule has 0 aliphatic heterocycles. The Labute approximate surface area is 275 Å². The van der Waals surface area contributed by atoms with Gasteiger partial charge in [0.05, 0.1) is 6.10 Å². The van der Waals surface area contributed by atoms with Crippen molar-refractivity contribution >= 4 is 5.94 Å². The summed E-state index contributed by atoms with van der Waals surface area (Å²) in [5.74, 6) is 8.13. The number of carbonyl (C=O) groups excluding carboxylic acids is 1. The average Bonchev–Trinajstić information content (AvgIpc) is 2.86. The van der Waals surface area contributed by atoms with Crippen molar-refractivity contribution in [3.8, 4) is 0 Å². The lowest BCUT2D eigenvalue weighted by molar-refractivity contribution is 0.0167. The van der Waals surface area contributed by atoms with Crippen LogP contribution in [0.2, 0.25) is 0 Å². The van der Waals surface area contributed by atoms with Gasteiger partial charge in [0.1, 0.15) is 5.94 Å². The molecule has 0 amide bonds. The van der Waals surface area contributed by atoms with E-state index in [1.165, 1.54) is 64.2 Å². The van der Waals surface area contributed by atoms with Gasteiger partial charge in [0.25, 0.3) is 0 Å². The van der Waals surface area contributed by atoms with Gasteiger partial charge >= 0.3 is 0 Å². The molecule has 0 saturated heterocycles. The highest BCUT2D eigenvalue weighted by molar-refractivity contribution is 5.52. The van der Waals surface area contributed by atoms with Crippen molar-refractivity contribution < 1.29 is 9.53 Å². The van der Waals surface area contributed by atoms with Crippen LogP contribution in [-0.4, -0.2) is 18.7 Å². The normalized spacial score (nSPS) is 11.9. The molecule has 0 aliphatic carbocycles. The fourth-order valence-corrected chi connectivity index (χ4v) is 4.59. The number of unbranched alkanes of at least 4 members (excludes halogenated alkanes) is 2. The molecule has 0 bridgehead atoms. The number of hydrogen-bond acceptors (Lipinski definition) is 2. The van der Waals surface area contributed by atoms with E-state index in [9.17, 15) is 4.79 Å². The Hall–Kier alpha value is -0.590. The molecule has 0 aliphatic rings. The lowest BCUT2D eigenvalue weighted by Crippen LogP contribution is -2.21. The Balaban J connectivity index is -0.000000237. The number of rotatable bonds is 20. The van der Waals surface area contributed by atoms with E-state index in [-0.39, 0.29) is 0 Å². The van der Waals surface area contributed by atoms with E-state index in [0.717, 1.165) is 60.5 Å². The molecule has 0 saturated carbocycles. The first-order valence-corrected chi connectivity index (χ1v) is 18.8. The minimum absolute atomic E-state index is 0.370. The summed E-state index contributed by atoms with van der Waals surface area (Å²) in [6.45, 7) is 38.8. The average molecular weight is 611 g/mol. The molecule has 0 rings (SSSR count). The van der Waals surface area contributed by atoms with Crippen molar-refractivity contribution in [2.24, 2.45) is 47.3 Å². The van der Waals surface area contributed by atoms with E-state index in [2.05, 4.69) is 118 Å². The standard InChI is InChI=1S/C11H20O.C11H24.C10H22O.C9H20/c1-9(2)6-5-7-11(8-12)10(3)4;1-10(2)8-6-5-7-9-11(3)4;1-6-11-10(9(4)5)7-8(2)3;1-8(2)6-5-7-9(3)4/h9-10H,5-7H2,1-4H3;10-11H,5-9H2,1-4H3;8-10H,6-7H2,1-5H3;8-9H,5-7H2,1-4H3. The predicted molar refractivity (Wildman–Crippen MR) is 199 cm³/mol. The molecule has 262 valence electrons. The summed E-state index contributed by atoms with van der Waals surface area (Å²) in [6, 6.07) is 0. The van der Waals surface area contributed by atoms with Gasteiger partial charge in [0, 0.05) is 12.2 Å². The first-order chi connectivity index (χ1) is 19.9. The minimum atomic E-state index is 0.370. The second kappa shape index (κ2) is 34.3. The molecule has 0 spiro atoms. The Morgan fingerprint density at radius 3 is 1.16 bits per heavy atom. The van der Waals surface area contributed by atoms with Crippen LogP contribution < -0.4 is 0 Å². The molecule has 1 atom stereocenters. The Kier molecular flexibility index (Phi) is 39.3. The second-order valence-corrected chi connectivity index (χ2v) is 16.1. The van der Waals surface area contributed by atoms with Crippen LogP contribution in [0.25, 0.3) is 0 Å². The molecule has 0 aromatic rings. The van der Waals surface area contributed by atoms with Crippen LogP contribution in [-0.2, 0) is 9.53 Å². The molecule has 1 unspecified atom stereocenters. The van der Waals surface area contributed by atoms with E-state index in [1.807, 2.05) is 5.94 Å². The van der Waals surface area contributed by atoms with Gasteiger partial charge in [-0.3, -0.25) is 0 Å². The van der Waals surface area contributed by atoms with Gasteiger partial charge < -0.3 is 4.74 Å². The lowest BCUT2D eigenvalue weighted by atomic mass is 9.97. The molecular formula is C41H86O2. The van der Waals surface area contributed by atoms with Gasteiger partial charge in [-0.15, -0.1) is 0 Å². The van der Waals surface area contributed by atoms with E-state index >= 15 is 0 Å². The number of hydrogen-bond donors (Lipinski definition) is 0. The summed E-state index contributed by atoms with van der Waals surface area (Å²) in [6.07, 6.45) is 16.3. The summed E-state index contributed by atoms with van der Waals surface area (Å²) >= 11 is 0. The fraction of sp³-hybridized carbons (Fsp3) is 0.951. The summed E-state index contributed by atoms with van der Waals surface area (Å²) < 4.78 is 5.61. The van der Waals surface area contributed by atoms with E-state index < -0.39 is 0 Å². The Morgan fingerprint density at radius 1 is 0.512 bits per heavy atom. The van der Waals surface area contributed by atoms with Gasteiger partial charge in [-0.2, -0.15) is 0 Å². The lowest BCUT2D eigenvalue weighted by Gasteiger charge is -2.22. The van der Waals surface area contributed by atoms with Crippen LogP contribution in [0, 0.1) is 47.3 Å². The zero-order valence-electron chi connectivity index (χ0n) is 33.2. The molecular weight excluding hydrogens is 524 g/mol. The van der Waals surface area contributed by atoms with Crippen LogP contribution >= 0.6 is 0 Å². The zero-order valence-corrected chi connectivity index (χ0v) is 33.2. The van der Waals surface area contributed by atoms with Crippen molar-refractivity contribution in [2.45, 2.75) is 201 Å². The van der Waals surface area contributed by atoms with Gasteiger partial charge in [-0.1, -0.05) is 169 Å². The van der Waals surface area contributed by atoms with Crippen molar-refractivity contribution in [2.75, 3.05) is 6.61 Å². The maximum absolute atomic E-state index is 10.5. The fourth-order valence-electron chi connectivity index (χ4n) is 4.59. The SMILES string of the molecule is CC(C)CCCC(=C=O)C(C)C.CC(C)CCCC(C)C.CC(C)CCCCCC(C)C.CCOC(CC(C)C)C(C)C. The summed E-state index contributed by atoms with van der Waals surface area (Å²) in [5, 5.41) is 0. The first-order valence-electron chi connectivity index (χ1n) is 18.8. The molecule has 2 heteroatoms. The molecule has 0 N–H and O–H groups in total. The van der Waals surface area contributed by atoms with Crippen LogP contribution in [0.4, 0.5) is 0 Å². The van der Waals surface area contributed by atoms with Crippen molar-refractivity contribution in [3.05, 3.63) is 5.57 Å². The predicted octanol–water partition coefficient (Wildman–Crippen LogP) is 14.0. The third-order valence-corrected chi connectivity index (χ3v) is 7.51. The molecule has 0 radical (unpaired) electrons. The van der Waals surface area contributed by atoms with Crippen molar-refractivity contribution in [3.63, 3.8) is 0 Å². The summed E-state index contributed by atoms with van der Waals surface area (Å²) in [4.78, 5) is 10.5. The molecule has 43 heavy (non-hydrogen) atoms. The highest BCUT2D eigenvalue weighted by Gasteiger charge is 2.14. The Morgan fingerprint density at radius 2 is 0.884 bits per heavy atom. The molecule has 0 fully saturated rings. The van der Waals surface area contributed by atoms with E-state index in [4.69, 9.17) is 4.74 Å². The topological polar surface area (TPSA) is 26.3 Å². The zero-order chi connectivity index (χ0) is 34.4. The Bertz CT molecular complexity index is 559. The highest BCUT2D eigenvalue weighted by atomic mass is 16.5. The highest BCUT2D eigenvalue weighted by Crippen LogP contribution is 2.17. The molecule has 0 aromatic heterocycles. The minimum Gasteiger partial charge on any atom is -0.378 e. The summed E-state index contributed by atoms with van der Waals surface area (Å²) in [7, 11) is 0. The van der Waals surface area contributed by atoms with Crippen LogP contribution in [0.15, 0.2) is 5.57 Å². The molecule has 0 heterocycles. The first kappa shape index (κ1) is 49.3. The third-order valence-electron chi connectivity index (χ3n) is 7.51. The van der Waals surface area contributed by atoms with Crippen LogP contribution in [0.1, 0.15) is 195 Å². The van der Waals surface area contributed by atoms with Crippen molar-refractivity contribution in [1.82, 2.24) is 0 Å². The number of allylic oxidation sites excluding steroid dienone is 1. The second-order valence-electron chi connectivity index (χ2n) is 16.1. The van der Waals surface area contributed by atoms with Crippen LogP contribution in [0.3, 0.4) is 0 Å². The van der Waals surface area contributed by atoms with E-state index in [1.54, 1.807) is 0 Å². The molecule has 2 nitrogen and oxygen atoms in total. The molecule has 0 aromatic carbocycles. The third kappa shape index (κ3) is 48.5. The van der Waals surface area contributed by atoms with E-state index in [0.29, 0.717) is 17.9 Å². The maximum Gasteiger partial charge on any atom is 0.123 e. The largest absolute Gasteiger partial charge is 0.378 e. The smallest absolute Gasteiger partial charge is 0.123 e. The van der Waals surface area contributed by atoms with Gasteiger partial charge in [0.2, 0.25) is 0 Å². The maximum atomic E-state index is 10.5. The van der Waals surface area contributed by atoms with Gasteiger partial charge in [-0.25, -0.2) is 4.79 Å².